The molecule has 1 aliphatic rings. The number of alkyl carbamates (subject to hydrolysis) is 1. The van der Waals surface area contributed by atoms with E-state index in [1.54, 1.807) is 40.1 Å². The Labute approximate surface area is 193 Å². The Morgan fingerprint density at radius 1 is 1.12 bits per heavy atom. The molecule has 3 rings (SSSR count). The molecule has 2 heterocycles. The zero-order valence-corrected chi connectivity index (χ0v) is 19.8. The Morgan fingerprint density at radius 2 is 1.76 bits per heavy atom. The summed E-state index contributed by atoms with van der Waals surface area (Å²) in [5.74, 6) is -0.700. The van der Waals surface area contributed by atoms with Gasteiger partial charge in [0.1, 0.15) is 17.8 Å². The summed E-state index contributed by atoms with van der Waals surface area (Å²) in [7, 11) is 1.70. The average molecular weight is 458 g/mol. The van der Waals surface area contributed by atoms with E-state index in [9.17, 15) is 18.8 Å². The molecule has 8 heteroatoms. The van der Waals surface area contributed by atoms with Crippen molar-refractivity contribution >= 4 is 12.0 Å². The number of rotatable bonds is 5. The van der Waals surface area contributed by atoms with Gasteiger partial charge in [-0.25, -0.2) is 9.18 Å². The lowest BCUT2D eigenvalue weighted by Gasteiger charge is -2.30. The molecule has 1 aromatic heterocycles. The third-order valence-corrected chi connectivity index (χ3v) is 5.74. The summed E-state index contributed by atoms with van der Waals surface area (Å²) in [5, 5.41) is 2.71. The molecule has 0 radical (unpaired) electrons. The molecule has 7 nitrogen and oxygen atoms in total. The Morgan fingerprint density at radius 3 is 2.30 bits per heavy atom. The largest absolute Gasteiger partial charge is 0.444 e. The predicted octanol–water partition coefficient (Wildman–Crippen LogP) is 3.62. The molecule has 0 aliphatic carbocycles. The van der Waals surface area contributed by atoms with Gasteiger partial charge in [0.05, 0.1) is 6.54 Å². The molecule has 1 aliphatic heterocycles. The molecule has 0 spiro atoms. The molecule has 0 bridgehead atoms. The van der Waals surface area contributed by atoms with Crippen LogP contribution in [0.5, 0.6) is 0 Å². The van der Waals surface area contributed by atoms with Gasteiger partial charge in [-0.15, -0.1) is 0 Å². The van der Waals surface area contributed by atoms with Crippen LogP contribution in [0.15, 0.2) is 47.4 Å². The molecule has 2 amide bonds. The van der Waals surface area contributed by atoms with Crippen LogP contribution >= 0.6 is 0 Å². The highest BCUT2D eigenvalue weighted by Crippen LogP contribution is 2.26. The number of amides is 2. The highest BCUT2D eigenvalue weighted by atomic mass is 19.1. The first-order valence-corrected chi connectivity index (χ1v) is 11.1. The topological polar surface area (TPSA) is 80.6 Å². The summed E-state index contributed by atoms with van der Waals surface area (Å²) in [4.78, 5) is 38.8. The van der Waals surface area contributed by atoms with Gasteiger partial charge in [0.15, 0.2) is 0 Å². The number of nitrogens with one attached hydrogen (secondary N) is 1. The molecule has 1 fully saturated rings. The van der Waals surface area contributed by atoms with E-state index in [0.29, 0.717) is 13.0 Å². The van der Waals surface area contributed by atoms with E-state index in [0.717, 1.165) is 16.7 Å². The summed E-state index contributed by atoms with van der Waals surface area (Å²) in [6.07, 6.45) is 0.323. The Kier molecular flexibility index (Phi) is 7.25. The first-order chi connectivity index (χ1) is 15.4. The second-order valence-corrected chi connectivity index (χ2v) is 9.57. The van der Waals surface area contributed by atoms with Gasteiger partial charge in [0.25, 0.3) is 0 Å². The van der Waals surface area contributed by atoms with Crippen molar-refractivity contribution < 1.29 is 18.7 Å². The van der Waals surface area contributed by atoms with E-state index >= 15 is 0 Å². The van der Waals surface area contributed by atoms with Crippen molar-refractivity contribution in [2.75, 3.05) is 13.1 Å². The number of ether oxygens (including phenoxy) is 1. The number of alkyl halides is 1. The number of nitrogens with zero attached hydrogens (tertiary/aromatic N) is 2. The minimum absolute atomic E-state index is 0.0315. The fourth-order valence-corrected chi connectivity index (χ4v) is 3.89. The van der Waals surface area contributed by atoms with Gasteiger partial charge in [-0.05, 0) is 49.9 Å². The lowest BCUT2D eigenvalue weighted by atomic mass is 9.91. The second kappa shape index (κ2) is 9.77. The number of hydrogen-bond donors (Lipinski definition) is 1. The number of pyridine rings is 1. The van der Waals surface area contributed by atoms with Crippen molar-refractivity contribution in [1.82, 2.24) is 14.8 Å². The quantitative estimate of drug-likeness (QED) is 0.744. The second-order valence-electron chi connectivity index (χ2n) is 9.57. The first-order valence-electron chi connectivity index (χ1n) is 11.1. The van der Waals surface area contributed by atoms with Gasteiger partial charge >= 0.3 is 6.09 Å². The standard InChI is InChI=1S/C25H32FN3O4/c1-16(17-6-8-18(9-7-17)19-10-11-21(30)28(5)14-19)22(27-24(32)33-25(2,3)4)23(31)29-13-12-20(26)15-29/h6-11,14,16,20,22H,12-13,15H2,1-5H3,(H,27,32)/t16-,20-,22-/m0/s1. The van der Waals surface area contributed by atoms with Crippen molar-refractivity contribution in [3.63, 3.8) is 0 Å². The zero-order chi connectivity index (χ0) is 24.3. The molecule has 2 aromatic rings. The SMILES string of the molecule is C[C@@H](c1ccc(-c2ccc(=O)n(C)c2)cc1)[C@H](NC(=O)OC(C)(C)C)C(=O)N1CC[C@H](F)C1. The molecule has 1 N–H and O–H groups in total. The fourth-order valence-electron chi connectivity index (χ4n) is 3.89. The number of halogens is 1. The van der Waals surface area contributed by atoms with Gasteiger partial charge < -0.3 is 19.5 Å². The third-order valence-electron chi connectivity index (χ3n) is 5.74. The van der Waals surface area contributed by atoms with Crippen LogP contribution in [0, 0.1) is 0 Å². The summed E-state index contributed by atoms with van der Waals surface area (Å²) in [6, 6.07) is 9.99. The summed E-state index contributed by atoms with van der Waals surface area (Å²) in [6.45, 7) is 7.45. The molecular weight excluding hydrogens is 425 g/mol. The number of likely N-dealkylation sites (tertiary alicyclic amines) is 1. The van der Waals surface area contributed by atoms with Crippen molar-refractivity contribution in [3.05, 3.63) is 58.5 Å². The number of carbonyl (C=O) groups is 2. The average Bonchev–Trinajstić information content (AvgIpc) is 3.18. The fraction of sp³-hybridized carbons (Fsp3) is 0.480. The molecule has 3 atom stereocenters. The molecule has 1 aromatic carbocycles. The number of hydrogen-bond acceptors (Lipinski definition) is 4. The van der Waals surface area contributed by atoms with Crippen LogP contribution in [0.25, 0.3) is 11.1 Å². The van der Waals surface area contributed by atoms with Crippen LogP contribution in [-0.2, 0) is 16.6 Å². The highest BCUT2D eigenvalue weighted by Gasteiger charge is 2.36. The normalized spacial score (nSPS) is 18.0. The van der Waals surface area contributed by atoms with Gasteiger partial charge in [-0.1, -0.05) is 31.2 Å². The van der Waals surface area contributed by atoms with Crippen LogP contribution in [-0.4, -0.2) is 52.4 Å². The summed E-state index contributed by atoms with van der Waals surface area (Å²) in [5.41, 5.74) is 1.85. The van der Waals surface area contributed by atoms with Crippen LogP contribution in [0.2, 0.25) is 0 Å². The van der Waals surface area contributed by atoms with E-state index < -0.39 is 23.9 Å². The Hall–Kier alpha value is -3.16. The third kappa shape index (κ3) is 6.21. The van der Waals surface area contributed by atoms with E-state index in [-0.39, 0.29) is 23.9 Å². The maximum absolute atomic E-state index is 13.7. The van der Waals surface area contributed by atoms with Crippen LogP contribution < -0.4 is 10.9 Å². The van der Waals surface area contributed by atoms with Crippen molar-refractivity contribution in [2.45, 2.75) is 57.8 Å². The number of carbonyl (C=O) groups excluding carboxylic acids is 2. The van der Waals surface area contributed by atoms with E-state index in [1.807, 2.05) is 31.2 Å². The monoisotopic (exact) mass is 457 g/mol. The highest BCUT2D eigenvalue weighted by molar-refractivity contribution is 5.87. The van der Waals surface area contributed by atoms with Gasteiger partial charge in [-0.3, -0.25) is 9.59 Å². The van der Waals surface area contributed by atoms with Gasteiger partial charge in [-0.2, -0.15) is 0 Å². The maximum atomic E-state index is 13.7. The Balaban J connectivity index is 1.84. The Bertz CT molecular complexity index is 1060. The van der Waals surface area contributed by atoms with E-state index in [1.165, 1.54) is 15.5 Å². The van der Waals surface area contributed by atoms with Gasteiger partial charge in [0, 0.05) is 31.8 Å². The lowest BCUT2D eigenvalue weighted by Crippen LogP contribution is -2.51. The smallest absolute Gasteiger partial charge is 0.408 e. The minimum atomic E-state index is -1.05. The molecular formula is C25H32FN3O4. The molecule has 178 valence electrons. The zero-order valence-electron chi connectivity index (χ0n) is 19.8. The van der Waals surface area contributed by atoms with Gasteiger partial charge in [0.2, 0.25) is 11.5 Å². The molecule has 33 heavy (non-hydrogen) atoms. The van der Waals surface area contributed by atoms with E-state index in [2.05, 4.69) is 5.32 Å². The predicted molar refractivity (Wildman–Crippen MR) is 125 cm³/mol. The minimum Gasteiger partial charge on any atom is -0.444 e. The van der Waals surface area contributed by atoms with Crippen molar-refractivity contribution in [2.24, 2.45) is 7.05 Å². The lowest BCUT2D eigenvalue weighted by molar-refractivity contribution is -0.133. The van der Waals surface area contributed by atoms with Crippen molar-refractivity contribution in [1.29, 1.82) is 0 Å². The van der Waals surface area contributed by atoms with Crippen LogP contribution in [0.4, 0.5) is 9.18 Å². The molecule has 0 saturated carbocycles. The molecule has 0 unspecified atom stereocenters. The number of aryl methyl sites for hydroxylation is 1. The van der Waals surface area contributed by atoms with Crippen molar-refractivity contribution in [3.8, 4) is 11.1 Å². The van der Waals surface area contributed by atoms with Crippen LogP contribution in [0.1, 0.15) is 45.6 Å². The number of benzene rings is 1. The van der Waals surface area contributed by atoms with E-state index in [4.69, 9.17) is 4.74 Å². The summed E-state index contributed by atoms with van der Waals surface area (Å²) < 4.78 is 20.6. The maximum Gasteiger partial charge on any atom is 0.408 e. The van der Waals surface area contributed by atoms with Crippen LogP contribution in [0.3, 0.4) is 0 Å². The molecule has 1 saturated heterocycles. The first kappa shape index (κ1) is 24.5. The number of aromatic nitrogens is 1. The summed E-state index contributed by atoms with van der Waals surface area (Å²) >= 11 is 0.